The van der Waals surface area contributed by atoms with Gasteiger partial charge in [0.2, 0.25) is 0 Å². The van der Waals surface area contributed by atoms with Crippen LogP contribution in [0.15, 0.2) is 36.7 Å². The molecule has 0 radical (unpaired) electrons. The van der Waals surface area contributed by atoms with E-state index < -0.39 is 0 Å². The maximum absolute atomic E-state index is 5.85. The second kappa shape index (κ2) is 4.35. The van der Waals surface area contributed by atoms with E-state index in [1.165, 1.54) is 11.1 Å². The number of nitrogens with zero attached hydrogens (tertiary/aromatic N) is 1. The highest BCUT2D eigenvalue weighted by Crippen LogP contribution is 2.25. The van der Waals surface area contributed by atoms with Crippen molar-refractivity contribution < 1.29 is 0 Å². The second-order valence-corrected chi connectivity index (χ2v) is 3.95. The molecule has 1 aromatic carbocycles. The van der Waals surface area contributed by atoms with E-state index in [1.807, 2.05) is 13.1 Å². The van der Waals surface area contributed by atoms with Gasteiger partial charge in [0.1, 0.15) is 0 Å². The fourth-order valence-electron chi connectivity index (χ4n) is 1.75. The standard InChI is InChI=1S/C14H16N2/c1-3-11-4-6-12(7-5-11)13-8-16-9-14(15)10(13)2/h4-9H,3,15H2,1-2H3. The number of aromatic nitrogens is 1. The lowest BCUT2D eigenvalue weighted by atomic mass is 10.0. The Hall–Kier alpha value is -1.83. The molecule has 2 aromatic rings. The molecule has 0 atom stereocenters. The van der Waals surface area contributed by atoms with Gasteiger partial charge in [-0.15, -0.1) is 0 Å². The molecular weight excluding hydrogens is 196 g/mol. The lowest BCUT2D eigenvalue weighted by Gasteiger charge is -2.08. The average Bonchev–Trinajstić information content (AvgIpc) is 2.33. The number of hydrogen-bond acceptors (Lipinski definition) is 2. The molecule has 2 heteroatoms. The summed E-state index contributed by atoms with van der Waals surface area (Å²) in [5, 5.41) is 0. The van der Waals surface area contributed by atoms with Crippen LogP contribution in [0.5, 0.6) is 0 Å². The lowest BCUT2D eigenvalue weighted by Crippen LogP contribution is -1.94. The van der Waals surface area contributed by atoms with Crippen molar-refractivity contribution in [1.29, 1.82) is 0 Å². The first-order valence-electron chi connectivity index (χ1n) is 5.51. The Morgan fingerprint density at radius 3 is 2.44 bits per heavy atom. The Kier molecular flexibility index (Phi) is 2.91. The Bertz CT molecular complexity index is 487. The molecule has 82 valence electrons. The molecule has 0 fully saturated rings. The Balaban J connectivity index is 2.46. The summed E-state index contributed by atoms with van der Waals surface area (Å²) in [6, 6.07) is 8.56. The van der Waals surface area contributed by atoms with Crippen molar-refractivity contribution in [3.05, 3.63) is 47.8 Å². The van der Waals surface area contributed by atoms with Gasteiger partial charge in [-0.1, -0.05) is 31.2 Å². The van der Waals surface area contributed by atoms with Crippen LogP contribution in [-0.4, -0.2) is 4.98 Å². The minimum atomic E-state index is 0.747. The quantitative estimate of drug-likeness (QED) is 0.830. The number of aryl methyl sites for hydroxylation is 1. The molecule has 0 bridgehead atoms. The second-order valence-electron chi connectivity index (χ2n) is 3.95. The number of nitrogens with two attached hydrogens (primary N) is 1. The van der Waals surface area contributed by atoms with Crippen molar-refractivity contribution in [2.45, 2.75) is 20.3 Å². The number of pyridine rings is 1. The molecule has 0 amide bonds. The normalized spacial score (nSPS) is 10.4. The van der Waals surface area contributed by atoms with Gasteiger partial charge >= 0.3 is 0 Å². The number of hydrogen-bond donors (Lipinski definition) is 1. The average molecular weight is 212 g/mol. The first-order valence-corrected chi connectivity index (χ1v) is 5.51. The van der Waals surface area contributed by atoms with E-state index in [0.29, 0.717) is 0 Å². The Labute approximate surface area is 96.1 Å². The van der Waals surface area contributed by atoms with Crippen LogP contribution in [0, 0.1) is 6.92 Å². The molecule has 0 aliphatic rings. The summed E-state index contributed by atoms with van der Waals surface area (Å²) in [6.07, 6.45) is 4.63. The third-order valence-corrected chi connectivity index (χ3v) is 2.93. The Morgan fingerprint density at radius 1 is 1.12 bits per heavy atom. The molecule has 0 unspecified atom stereocenters. The van der Waals surface area contributed by atoms with Gasteiger partial charge in [0.05, 0.1) is 11.9 Å². The summed E-state index contributed by atoms with van der Waals surface area (Å²) in [5.74, 6) is 0. The first-order chi connectivity index (χ1) is 7.72. The number of anilines is 1. The zero-order chi connectivity index (χ0) is 11.5. The van der Waals surface area contributed by atoms with Gasteiger partial charge in [-0.05, 0) is 30.0 Å². The van der Waals surface area contributed by atoms with Crippen molar-refractivity contribution in [3.63, 3.8) is 0 Å². The van der Waals surface area contributed by atoms with Gasteiger partial charge in [-0.3, -0.25) is 4.98 Å². The van der Waals surface area contributed by atoms with Crippen molar-refractivity contribution in [2.75, 3.05) is 5.73 Å². The topological polar surface area (TPSA) is 38.9 Å². The van der Waals surface area contributed by atoms with E-state index in [0.717, 1.165) is 23.2 Å². The van der Waals surface area contributed by atoms with E-state index in [4.69, 9.17) is 5.73 Å². The predicted molar refractivity (Wildman–Crippen MR) is 68.2 cm³/mol. The highest BCUT2D eigenvalue weighted by Gasteiger charge is 2.04. The molecule has 0 aliphatic carbocycles. The maximum atomic E-state index is 5.85. The van der Waals surface area contributed by atoms with Crippen LogP contribution in [0.3, 0.4) is 0 Å². The third kappa shape index (κ3) is 1.91. The van der Waals surface area contributed by atoms with Crippen LogP contribution in [0.4, 0.5) is 5.69 Å². The van der Waals surface area contributed by atoms with Crippen molar-refractivity contribution in [1.82, 2.24) is 4.98 Å². The molecule has 0 saturated heterocycles. The van der Waals surface area contributed by atoms with Crippen molar-refractivity contribution in [3.8, 4) is 11.1 Å². The molecule has 2 rings (SSSR count). The fraction of sp³-hybridized carbons (Fsp3) is 0.214. The van der Waals surface area contributed by atoms with Crippen molar-refractivity contribution >= 4 is 5.69 Å². The fourth-order valence-corrected chi connectivity index (χ4v) is 1.75. The molecule has 2 nitrogen and oxygen atoms in total. The summed E-state index contributed by atoms with van der Waals surface area (Å²) in [7, 11) is 0. The van der Waals surface area contributed by atoms with E-state index in [1.54, 1.807) is 6.20 Å². The highest BCUT2D eigenvalue weighted by atomic mass is 14.7. The Morgan fingerprint density at radius 2 is 1.81 bits per heavy atom. The SMILES string of the molecule is CCc1ccc(-c2cncc(N)c2C)cc1. The van der Waals surface area contributed by atoms with Crippen LogP contribution in [-0.2, 0) is 6.42 Å². The predicted octanol–water partition coefficient (Wildman–Crippen LogP) is 3.20. The van der Waals surface area contributed by atoms with Gasteiger partial charge in [0.25, 0.3) is 0 Å². The van der Waals surface area contributed by atoms with Gasteiger partial charge in [-0.2, -0.15) is 0 Å². The zero-order valence-electron chi connectivity index (χ0n) is 9.70. The van der Waals surface area contributed by atoms with Gasteiger partial charge in [0, 0.05) is 11.8 Å². The largest absolute Gasteiger partial charge is 0.397 e. The van der Waals surface area contributed by atoms with Crippen molar-refractivity contribution in [2.24, 2.45) is 0 Å². The van der Waals surface area contributed by atoms with Crippen LogP contribution in [0.1, 0.15) is 18.1 Å². The maximum Gasteiger partial charge on any atom is 0.0536 e. The molecule has 2 N–H and O–H groups in total. The minimum absolute atomic E-state index is 0.747. The number of nitrogen functional groups attached to an aromatic ring is 1. The number of benzene rings is 1. The van der Waals surface area contributed by atoms with Gasteiger partial charge < -0.3 is 5.73 Å². The van der Waals surface area contributed by atoms with E-state index >= 15 is 0 Å². The molecule has 1 aromatic heterocycles. The lowest BCUT2D eigenvalue weighted by molar-refractivity contribution is 1.14. The highest BCUT2D eigenvalue weighted by molar-refractivity contribution is 5.71. The number of rotatable bonds is 2. The van der Waals surface area contributed by atoms with Gasteiger partial charge in [-0.25, -0.2) is 0 Å². The van der Waals surface area contributed by atoms with Gasteiger partial charge in [0.15, 0.2) is 0 Å². The van der Waals surface area contributed by atoms with Crippen LogP contribution < -0.4 is 5.73 Å². The van der Waals surface area contributed by atoms with E-state index in [9.17, 15) is 0 Å². The molecule has 0 spiro atoms. The molecule has 0 aliphatic heterocycles. The smallest absolute Gasteiger partial charge is 0.0536 e. The summed E-state index contributed by atoms with van der Waals surface area (Å²) < 4.78 is 0. The molecule has 1 heterocycles. The third-order valence-electron chi connectivity index (χ3n) is 2.93. The molecule has 0 saturated carbocycles. The monoisotopic (exact) mass is 212 g/mol. The molecule has 16 heavy (non-hydrogen) atoms. The minimum Gasteiger partial charge on any atom is -0.397 e. The van der Waals surface area contributed by atoms with E-state index in [2.05, 4.69) is 36.2 Å². The van der Waals surface area contributed by atoms with Crippen LogP contribution in [0.2, 0.25) is 0 Å². The molecular formula is C14H16N2. The summed E-state index contributed by atoms with van der Waals surface area (Å²) >= 11 is 0. The van der Waals surface area contributed by atoms with Crippen LogP contribution in [0.25, 0.3) is 11.1 Å². The van der Waals surface area contributed by atoms with Crippen LogP contribution >= 0.6 is 0 Å². The summed E-state index contributed by atoms with van der Waals surface area (Å²) in [6.45, 7) is 4.18. The van der Waals surface area contributed by atoms with E-state index in [-0.39, 0.29) is 0 Å². The first kappa shape index (κ1) is 10.7. The summed E-state index contributed by atoms with van der Waals surface area (Å²) in [5.41, 5.74) is 11.3. The summed E-state index contributed by atoms with van der Waals surface area (Å²) in [4.78, 5) is 4.14. The zero-order valence-corrected chi connectivity index (χ0v) is 9.70.